The number of hydrogen-bond acceptors (Lipinski definition) is 10. The summed E-state index contributed by atoms with van der Waals surface area (Å²) in [7, 11) is 1.75. The molecule has 1 heterocycles. The van der Waals surface area contributed by atoms with Crippen LogP contribution in [0.25, 0.3) is 0 Å². The van der Waals surface area contributed by atoms with Gasteiger partial charge in [-0.25, -0.2) is 0 Å². The Labute approximate surface area is 341 Å². The maximum atomic E-state index is 14.5. The molecule has 11 nitrogen and oxygen atoms in total. The zero-order valence-electron chi connectivity index (χ0n) is 33.9. The van der Waals surface area contributed by atoms with Gasteiger partial charge in [-0.15, -0.1) is 6.58 Å². The molecule has 6 atom stereocenters. The van der Waals surface area contributed by atoms with Crippen LogP contribution in [0.5, 0.6) is 17.2 Å². The van der Waals surface area contributed by atoms with Crippen molar-refractivity contribution < 1.29 is 38.9 Å². The van der Waals surface area contributed by atoms with E-state index in [9.17, 15) is 25.1 Å². The predicted molar refractivity (Wildman–Crippen MR) is 221 cm³/mol. The van der Waals surface area contributed by atoms with E-state index < -0.39 is 23.3 Å². The van der Waals surface area contributed by atoms with Gasteiger partial charge in [0.15, 0.2) is 0 Å². The van der Waals surface area contributed by atoms with E-state index in [1.54, 1.807) is 66.6 Å². The van der Waals surface area contributed by atoms with Crippen molar-refractivity contribution in [3.63, 3.8) is 0 Å². The van der Waals surface area contributed by atoms with Crippen molar-refractivity contribution in [2.75, 3.05) is 26.9 Å². The second kappa shape index (κ2) is 18.5. The summed E-state index contributed by atoms with van der Waals surface area (Å²) >= 11 is 0. The van der Waals surface area contributed by atoms with Crippen LogP contribution in [0.2, 0.25) is 0 Å². The molecule has 3 aromatic carbocycles. The van der Waals surface area contributed by atoms with Gasteiger partial charge in [-0.05, 0) is 118 Å². The molecule has 1 saturated carbocycles. The summed E-state index contributed by atoms with van der Waals surface area (Å²) in [5.74, 6) is -0.639. The molecule has 3 aliphatic rings. The summed E-state index contributed by atoms with van der Waals surface area (Å²) in [5.41, 5.74) is 3.28. The van der Waals surface area contributed by atoms with Crippen molar-refractivity contribution >= 4 is 17.9 Å². The first-order chi connectivity index (χ1) is 28.0. The Morgan fingerprint density at radius 2 is 1.76 bits per heavy atom. The van der Waals surface area contributed by atoms with E-state index in [0.29, 0.717) is 52.5 Å². The Morgan fingerprint density at radius 1 is 1.03 bits per heavy atom. The highest BCUT2D eigenvalue weighted by Gasteiger charge is 2.65. The van der Waals surface area contributed by atoms with Gasteiger partial charge in [-0.1, -0.05) is 42.3 Å². The van der Waals surface area contributed by atoms with Gasteiger partial charge in [0.2, 0.25) is 5.79 Å². The van der Waals surface area contributed by atoms with E-state index in [2.05, 4.69) is 18.7 Å². The number of carbonyl (C=O) groups excluding carboxylic acids is 2. The van der Waals surface area contributed by atoms with Crippen molar-refractivity contribution in [1.82, 2.24) is 4.90 Å². The lowest BCUT2D eigenvalue weighted by Gasteiger charge is -2.59. The number of aliphatic hydroxyl groups excluding tert-OH is 2. The van der Waals surface area contributed by atoms with Crippen LogP contribution in [0.15, 0.2) is 96.2 Å². The van der Waals surface area contributed by atoms with Crippen molar-refractivity contribution in [3.8, 4) is 23.3 Å². The molecule has 11 heteroatoms. The number of amides is 1. The Hall–Kier alpha value is -5.28. The van der Waals surface area contributed by atoms with Gasteiger partial charge in [0.1, 0.15) is 35.2 Å². The summed E-state index contributed by atoms with van der Waals surface area (Å²) < 4.78 is 20.6. The van der Waals surface area contributed by atoms with Crippen LogP contribution in [-0.2, 0) is 9.57 Å². The van der Waals surface area contributed by atoms with E-state index in [1.807, 2.05) is 39.0 Å². The molecule has 2 aliphatic carbocycles. The van der Waals surface area contributed by atoms with Crippen molar-refractivity contribution in [2.24, 2.45) is 22.9 Å². The number of fused-ring (bicyclic) bond motifs is 2. The molecule has 0 bridgehead atoms. The van der Waals surface area contributed by atoms with E-state index >= 15 is 0 Å². The molecule has 1 aliphatic heterocycles. The summed E-state index contributed by atoms with van der Waals surface area (Å²) in [5, 5.41) is 34.0. The lowest BCUT2D eigenvalue weighted by molar-refractivity contribution is -0.252. The normalized spacial score (nSPS) is 24.0. The zero-order chi connectivity index (χ0) is 41.5. The molecule has 0 aromatic heterocycles. The molecule has 0 saturated heterocycles. The van der Waals surface area contributed by atoms with Gasteiger partial charge in [0.25, 0.3) is 5.91 Å². The van der Waals surface area contributed by atoms with Crippen LogP contribution in [-0.4, -0.2) is 77.3 Å². The number of nitrogens with zero attached hydrogens (tertiary/aromatic N) is 3. The molecule has 1 fully saturated rings. The number of aliphatic hydroxyl groups is 2. The molecule has 3 aromatic rings. The van der Waals surface area contributed by atoms with Crippen molar-refractivity contribution in [1.29, 1.82) is 5.26 Å². The Morgan fingerprint density at radius 3 is 2.43 bits per heavy atom. The monoisotopic (exact) mass is 789 g/mol. The quantitative estimate of drug-likeness (QED) is 0.0595. The lowest BCUT2D eigenvalue weighted by Crippen LogP contribution is -2.69. The van der Waals surface area contributed by atoms with Gasteiger partial charge >= 0.3 is 0 Å². The minimum absolute atomic E-state index is 0.0325. The third-order valence-electron chi connectivity index (χ3n) is 11.4. The van der Waals surface area contributed by atoms with E-state index in [4.69, 9.17) is 24.2 Å². The van der Waals surface area contributed by atoms with Crippen molar-refractivity contribution in [2.45, 2.75) is 89.1 Å². The summed E-state index contributed by atoms with van der Waals surface area (Å²) in [6.45, 7) is 10.1. The molecule has 306 valence electrons. The number of ether oxygens (including phenoxy) is 3. The minimum Gasteiger partial charge on any atom is -0.459 e. The molecule has 58 heavy (non-hydrogen) atoms. The molecule has 6 rings (SSSR count). The Kier molecular flexibility index (Phi) is 13.5. The lowest BCUT2D eigenvalue weighted by atomic mass is 9.55. The fourth-order valence-electron chi connectivity index (χ4n) is 8.80. The largest absolute Gasteiger partial charge is 0.459 e. The van der Waals surface area contributed by atoms with Gasteiger partial charge in [0.05, 0.1) is 29.9 Å². The number of benzene rings is 3. The van der Waals surface area contributed by atoms with Crippen LogP contribution in [0.4, 0.5) is 0 Å². The summed E-state index contributed by atoms with van der Waals surface area (Å²) in [4.78, 5) is 33.9. The maximum absolute atomic E-state index is 14.5. The first-order valence-electron chi connectivity index (χ1n) is 20.2. The van der Waals surface area contributed by atoms with Gasteiger partial charge in [0, 0.05) is 49.3 Å². The van der Waals surface area contributed by atoms with Crippen LogP contribution < -0.4 is 9.47 Å². The molecule has 1 amide bonds. The number of hydrogen-bond donors (Lipinski definition) is 2. The second-order valence-corrected chi connectivity index (χ2v) is 16.4. The minimum atomic E-state index is -1.42. The van der Waals surface area contributed by atoms with Crippen LogP contribution in [0.3, 0.4) is 0 Å². The molecule has 2 N–H and O–H groups in total. The SMILES string of the molecule is C=CCOC12Oc3ccc(Oc4cccc(C=O)c4)cc3C3C(CCCCO)C(CCCCO)C=C(C(=NOC(C)(C)C)CC1N(C)C(=O)c1ccc(C#N)cc1)C32. The first-order valence-corrected chi connectivity index (χ1v) is 20.2. The highest BCUT2D eigenvalue weighted by molar-refractivity contribution is 6.03. The third kappa shape index (κ3) is 9.05. The number of allylic oxidation sites excluding steroid dienone is 1. The Bertz CT molecular complexity index is 2050. The van der Waals surface area contributed by atoms with Crippen LogP contribution >= 0.6 is 0 Å². The number of likely N-dealkylation sites (N-methyl/N-ethyl adjacent to an activating group) is 1. The summed E-state index contributed by atoms with van der Waals surface area (Å²) in [6.07, 6.45) is 9.52. The fraction of sp³-hybridized carbons (Fsp3) is 0.447. The molecular weight excluding hydrogens is 735 g/mol. The Balaban J connectivity index is 1.58. The van der Waals surface area contributed by atoms with Crippen LogP contribution in [0, 0.1) is 29.1 Å². The topological polar surface area (TPSA) is 151 Å². The molecule has 6 unspecified atom stereocenters. The van der Waals surface area contributed by atoms with E-state index in [1.165, 1.54) is 0 Å². The van der Waals surface area contributed by atoms with Crippen LogP contribution in [0.1, 0.15) is 103 Å². The number of unbranched alkanes of at least 4 members (excludes halogenated alkanes) is 2. The van der Waals surface area contributed by atoms with E-state index in [0.717, 1.165) is 43.1 Å². The highest BCUT2D eigenvalue weighted by Crippen LogP contribution is 2.62. The second-order valence-electron chi connectivity index (χ2n) is 16.4. The van der Waals surface area contributed by atoms with Crippen molar-refractivity contribution in [3.05, 3.63) is 113 Å². The maximum Gasteiger partial charge on any atom is 0.254 e. The standard InChI is InChI=1S/C47H55N3O8/c1-6-24-55-47-42(50(5)45(54)33-18-16-31(29-48)17-19-33)28-40(49-58-46(2,3)4)38-26-34(13-7-9-22-51)37(15-8-10-23-52)43(44(38)47)39-27-36(20-21-41(39)57-47)56-35-14-11-12-32(25-35)30-53/h6,11-12,14,16-21,25-27,30,34,37,42-44,51-52H,1,7-10,13,15,22-24,28H2,2-5H3. The number of carbonyl (C=O) groups is 2. The molecular formula is C47H55N3O8. The first kappa shape index (κ1) is 42.3. The zero-order valence-corrected chi connectivity index (χ0v) is 33.9. The number of rotatable bonds is 17. The molecule has 0 spiro atoms. The molecule has 0 radical (unpaired) electrons. The average molecular weight is 790 g/mol. The smallest absolute Gasteiger partial charge is 0.254 e. The number of oxime groups is 1. The predicted octanol–water partition coefficient (Wildman–Crippen LogP) is 8.37. The highest BCUT2D eigenvalue weighted by atomic mass is 16.7. The van der Waals surface area contributed by atoms with Gasteiger partial charge < -0.3 is 34.2 Å². The number of aldehydes is 1. The van der Waals surface area contributed by atoms with E-state index in [-0.39, 0.29) is 49.9 Å². The average Bonchev–Trinajstić information content (AvgIpc) is 3.22. The number of nitriles is 1. The fourth-order valence-corrected chi connectivity index (χ4v) is 8.80. The van der Waals surface area contributed by atoms with Gasteiger partial charge in [-0.3, -0.25) is 9.59 Å². The van der Waals surface area contributed by atoms with Gasteiger partial charge in [-0.2, -0.15) is 5.26 Å². The third-order valence-corrected chi connectivity index (χ3v) is 11.4. The summed E-state index contributed by atoms with van der Waals surface area (Å²) in [6, 6.07) is 20.7.